The number of sulfone groups is 1. The average molecular weight is 993 g/mol. The Morgan fingerprint density at radius 3 is 1.48 bits per heavy atom. The summed E-state index contributed by atoms with van der Waals surface area (Å²) in [5.41, 5.74) is 3.98. The van der Waals surface area contributed by atoms with E-state index >= 15 is 0 Å². The van der Waals surface area contributed by atoms with Crippen molar-refractivity contribution in [2.45, 2.75) is 197 Å². The van der Waals surface area contributed by atoms with E-state index in [0.29, 0.717) is 25.7 Å². The second-order valence-electron chi connectivity index (χ2n) is 16.7. The molecule has 0 bridgehead atoms. The summed E-state index contributed by atoms with van der Waals surface area (Å²) < 4.78 is 146. The molecule has 0 radical (unpaired) electrons. The minimum atomic E-state index is -5.16. The molecule has 4 fully saturated rings. The first-order valence-electron chi connectivity index (χ1n) is 21.5. The van der Waals surface area contributed by atoms with Crippen molar-refractivity contribution in [2.24, 2.45) is 11.8 Å². The molecule has 4 rings (SSSR count). The summed E-state index contributed by atoms with van der Waals surface area (Å²) in [6.45, 7) is 11.6. The molecule has 0 aromatic carbocycles. The number of aliphatic hydroxyl groups is 5. The van der Waals surface area contributed by atoms with Crippen LogP contribution in [0.5, 0.6) is 0 Å². The number of nitrogens with one attached hydrogen (secondary N) is 2. The largest absolute Gasteiger partial charge is 0.413 e. The van der Waals surface area contributed by atoms with Crippen LogP contribution in [0.25, 0.3) is 0 Å². The molecular formula is C36H68N2O23S3. The van der Waals surface area contributed by atoms with Crippen molar-refractivity contribution in [1.29, 1.82) is 0 Å². The zero-order chi connectivity index (χ0) is 47.9. The minimum Gasteiger partial charge on any atom is -0.390 e. The summed E-state index contributed by atoms with van der Waals surface area (Å²) in [6.07, 6.45) is -18.3. The molecule has 0 aliphatic carbocycles. The van der Waals surface area contributed by atoms with E-state index in [1.807, 2.05) is 5.48 Å². The molecule has 64 heavy (non-hydrogen) atoms. The van der Waals surface area contributed by atoms with Gasteiger partial charge in [-0.25, -0.2) is 8.42 Å². The minimum absolute atomic E-state index is 0.0892. The summed E-state index contributed by atoms with van der Waals surface area (Å²) in [5, 5.41) is 56.0. The maximum atomic E-state index is 12.0. The molecule has 20 atom stereocenters. The molecule has 28 heteroatoms. The van der Waals surface area contributed by atoms with Crippen molar-refractivity contribution in [2.75, 3.05) is 18.1 Å². The van der Waals surface area contributed by atoms with Crippen molar-refractivity contribution < 1.29 is 106 Å². The molecule has 0 aromatic heterocycles. The van der Waals surface area contributed by atoms with Gasteiger partial charge in [0, 0.05) is 24.2 Å². The van der Waals surface area contributed by atoms with Gasteiger partial charge in [-0.1, -0.05) is 41.0 Å². The summed E-state index contributed by atoms with van der Waals surface area (Å²) in [4.78, 5) is 0. The smallest absolute Gasteiger partial charge is 0.390 e. The molecule has 8 unspecified atom stereocenters. The molecule has 0 amide bonds. The van der Waals surface area contributed by atoms with Crippen molar-refractivity contribution in [3.63, 3.8) is 0 Å². The van der Waals surface area contributed by atoms with E-state index in [4.69, 9.17) is 42.4 Å². The van der Waals surface area contributed by atoms with E-state index in [-0.39, 0.29) is 31.0 Å². The Hall–Kier alpha value is -0.910. The molecule has 4 aliphatic rings. The highest BCUT2D eigenvalue weighted by atomic mass is 32.3. The molecule has 378 valence electrons. The lowest BCUT2D eigenvalue weighted by molar-refractivity contribution is -0.367. The Labute approximate surface area is 374 Å². The molecule has 4 aliphatic heterocycles. The quantitative estimate of drug-likeness (QED) is 0.0315. The molecule has 0 spiro atoms. The van der Waals surface area contributed by atoms with Gasteiger partial charge in [0.05, 0.1) is 42.4 Å². The van der Waals surface area contributed by atoms with Crippen molar-refractivity contribution in [1.82, 2.24) is 11.0 Å². The number of hydrogen-bond acceptors (Lipinski definition) is 23. The Morgan fingerprint density at radius 2 is 0.984 bits per heavy atom. The van der Waals surface area contributed by atoms with E-state index in [2.05, 4.69) is 14.0 Å². The van der Waals surface area contributed by atoms with Crippen LogP contribution in [0.15, 0.2) is 0 Å². The van der Waals surface area contributed by atoms with Crippen LogP contribution in [0, 0.1) is 11.8 Å². The first-order valence-corrected chi connectivity index (χ1v) is 26.0. The molecule has 4 saturated heterocycles. The lowest BCUT2D eigenvalue weighted by Crippen LogP contribution is -2.67. The Balaban J connectivity index is 1.44. The second kappa shape index (κ2) is 24.1. The topological polar surface area (TPSA) is 360 Å². The van der Waals surface area contributed by atoms with Crippen LogP contribution >= 0.6 is 0 Å². The summed E-state index contributed by atoms with van der Waals surface area (Å²) >= 11 is 0. The number of aliphatic hydroxyl groups excluding tert-OH is 5. The first kappa shape index (κ1) is 55.7. The van der Waals surface area contributed by atoms with Gasteiger partial charge in [0.1, 0.15) is 58.5 Å². The number of unbranched alkanes of at least 4 members (excludes halogenated alkanes) is 2. The fraction of sp³-hybridized carbons (Fsp3) is 1.00. The van der Waals surface area contributed by atoms with Gasteiger partial charge in [-0.3, -0.25) is 9.11 Å². The summed E-state index contributed by atoms with van der Waals surface area (Å²) in [6, 6.07) is -3.25. The third kappa shape index (κ3) is 15.0. The lowest BCUT2D eigenvalue weighted by atomic mass is 9.90. The Bertz CT molecular complexity index is 1770. The van der Waals surface area contributed by atoms with Crippen LogP contribution in [-0.2, 0) is 77.1 Å². The molecule has 0 aromatic rings. The van der Waals surface area contributed by atoms with Gasteiger partial charge in [0.25, 0.3) is 0 Å². The summed E-state index contributed by atoms with van der Waals surface area (Å²) in [5.74, 6) is -1.42. The van der Waals surface area contributed by atoms with Crippen molar-refractivity contribution in [3.05, 3.63) is 0 Å². The Morgan fingerprint density at radius 1 is 0.516 bits per heavy atom. The van der Waals surface area contributed by atoms with Crippen LogP contribution in [0.2, 0.25) is 0 Å². The van der Waals surface area contributed by atoms with Crippen LogP contribution in [0.3, 0.4) is 0 Å². The zero-order valence-corrected chi connectivity index (χ0v) is 39.2. The predicted octanol–water partition coefficient (Wildman–Crippen LogP) is -1.62. The number of rotatable bonds is 23. The number of ether oxygens (including phenoxy) is 8. The summed E-state index contributed by atoms with van der Waals surface area (Å²) in [7, 11) is -13.3. The van der Waals surface area contributed by atoms with Gasteiger partial charge >= 0.3 is 20.8 Å². The molecule has 4 heterocycles. The Kier molecular flexibility index (Phi) is 21.0. The molecule has 9 N–H and O–H groups in total. The fourth-order valence-corrected chi connectivity index (χ4v) is 10.0. The predicted molar refractivity (Wildman–Crippen MR) is 217 cm³/mol. The number of hydrogen-bond donors (Lipinski definition) is 9. The highest BCUT2D eigenvalue weighted by Gasteiger charge is 2.54. The molecule has 25 nitrogen and oxygen atoms in total. The second-order valence-corrected chi connectivity index (χ2v) is 21.0. The third-order valence-electron chi connectivity index (χ3n) is 11.8. The fourth-order valence-electron chi connectivity index (χ4n) is 8.11. The maximum Gasteiger partial charge on any atom is 0.413 e. The molecule has 0 saturated carbocycles. The van der Waals surface area contributed by atoms with Gasteiger partial charge in [-0.15, -0.1) is 0 Å². The zero-order valence-electron chi connectivity index (χ0n) is 36.8. The first-order chi connectivity index (χ1) is 29.8. The lowest BCUT2D eigenvalue weighted by Gasteiger charge is -2.50. The van der Waals surface area contributed by atoms with E-state index in [1.54, 1.807) is 34.6 Å². The van der Waals surface area contributed by atoms with E-state index in [9.17, 15) is 55.3 Å². The van der Waals surface area contributed by atoms with Crippen LogP contribution in [0.4, 0.5) is 0 Å². The van der Waals surface area contributed by atoms with E-state index in [1.165, 1.54) is 13.8 Å². The monoisotopic (exact) mass is 992 g/mol. The third-order valence-corrected chi connectivity index (χ3v) is 14.3. The van der Waals surface area contributed by atoms with Gasteiger partial charge in [0.2, 0.25) is 0 Å². The highest BCUT2D eigenvalue weighted by Crippen LogP contribution is 2.37. The standard InChI is InChI=1S/C36H68N2O23S3/c1-8-15-62(44,45)16-13-11-12-14-52-33-17(4)25(39)30(19(6)53-33)58-36-24(38-61-64(49,50)51)29(43)32(22(10-3)56-36)59-34-18(5)26(40)31(20(7)54-34)57-35-23(37-60-63(46,47)48)28(42)27(41)21(9-2)55-35/h17-43H,8-16H2,1-7H3,(H,46,47,48)(H,49,50,51)/t17?,18?,19?,20?,21?,22?,23-,24-,25-,26-,27+,28?,29?,30+,31+,32+,33+,34-,35+,36+/m0/s1. The van der Waals surface area contributed by atoms with Gasteiger partial charge in [0.15, 0.2) is 25.2 Å². The van der Waals surface area contributed by atoms with Crippen LogP contribution < -0.4 is 11.0 Å². The normalized spacial score (nSPS) is 41.5. The van der Waals surface area contributed by atoms with Gasteiger partial charge in [-0.05, 0) is 46.0 Å². The number of hydroxylamine groups is 2. The van der Waals surface area contributed by atoms with E-state index < -0.39 is 153 Å². The van der Waals surface area contributed by atoms with E-state index in [0.717, 1.165) is 0 Å². The van der Waals surface area contributed by atoms with Gasteiger partial charge < -0.3 is 63.4 Å². The van der Waals surface area contributed by atoms with Gasteiger partial charge in [-0.2, -0.15) is 36.4 Å². The van der Waals surface area contributed by atoms with Crippen molar-refractivity contribution >= 4 is 30.6 Å². The van der Waals surface area contributed by atoms with Crippen LogP contribution in [0.1, 0.15) is 87.0 Å². The molecular weight excluding hydrogens is 925 g/mol. The van der Waals surface area contributed by atoms with Crippen molar-refractivity contribution in [3.8, 4) is 0 Å². The van der Waals surface area contributed by atoms with Crippen LogP contribution in [-0.4, -0.2) is 188 Å². The maximum absolute atomic E-state index is 12.0. The SMILES string of the molecule is CCCS(=O)(=O)CCCCCO[C@@H]1OC(C)[C@@H](O[C@H]2OC(CC)[C@@H](O[C@@H]3OC(C)[C@@H](O[C@H]4OC(CC)[C@@H](O)C(O)[C@@H]4NOS(=O)(=O)O)[C@@H](O)C3C)C(O)[C@@H]2NOS(=O)(=O)O)[C@@H](O)C1C. The highest BCUT2D eigenvalue weighted by molar-refractivity contribution is 7.91. The average Bonchev–Trinajstić information content (AvgIpc) is 3.20.